The topological polar surface area (TPSA) is 32.6 Å². The summed E-state index contributed by atoms with van der Waals surface area (Å²) in [5.41, 5.74) is 0. The van der Waals surface area contributed by atoms with Crippen LogP contribution in [0.25, 0.3) is 0 Å². The van der Waals surface area contributed by atoms with Crippen LogP contribution in [0.3, 0.4) is 0 Å². The van der Waals surface area contributed by atoms with Crippen molar-refractivity contribution in [2.45, 2.75) is 90.5 Å². The van der Waals surface area contributed by atoms with Crippen molar-refractivity contribution in [1.82, 2.24) is 0 Å². The van der Waals surface area contributed by atoms with Gasteiger partial charge in [-0.05, 0) is 0 Å². The molecule has 2 nitrogen and oxygen atoms in total. The van der Waals surface area contributed by atoms with E-state index in [1.165, 1.54) is 70.6 Å². The van der Waals surface area contributed by atoms with E-state index in [1.807, 2.05) is 0 Å². The maximum atomic E-state index is 7.00. The van der Waals surface area contributed by atoms with E-state index < -0.39 is 0 Å². The van der Waals surface area contributed by atoms with E-state index in [1.54, 1.807) is 20.9 Å². The van der Waals surface area contributed by atoms with Crippen molar-refractivity contribution < 1.29 is 26.0 Å². The van der Waals surface area contributed by atoms with Gasteiger partial charge in [0.15, 0.2) is 0 Å². The number of aliphatic hydroxyl groups excluding tert-OH is 1. The Morgan fingerprint density at radius 3 is 1.30 bits per heavy atom. The quantitative estimate of drug-likeness (QED) is 0.515. The van der Waals surface area contributed by atoms with Gasteiger partial charge in [-0.3, -0.25) is 0 Å². The van der Waals surface area contributed by atoms with Crippen LogP contribution < -0.4 is 0 Å². The summed E-state index contributed by atoms with van der Waals surface area (Å²) in [6.07, 6.45) is 20.2. The number of rotatable bonds is 2. The number of nitrogens with zero attached hydrogens (tertiary/aromatic N) is 1. The summed E-state index contributed by atoms with van der Waals surface area (Å²) in [5.74, 6) is 0. The van der Waals surface area contributed by atoms with Gasteiger partial charge in [0.25, 0.3) is 0 Å². The molecule has 0 aromatic carbocycles. The molecule has 121 valence electrons. The number of hydrogen-bond acceptors (Lipinski definition) is 2. The molecule has 1 N–H and O–H groups in total. The van der Waals surface area contributed by atoms with Crippen molar-refractivity contribution in [2.75, 3.05) is 7.11 Å². The van der Waals surface area contributed by atoms with E-state index in [2.05, 4.69) is 30.0 Å². The molecule has 3 heteroatoms. The summed E-state index contributed by atoms with van der Waals surface area (Å²) in [6, 6.07) is 0.582. The van der Waals surface area contributed by atoms with Crippen LogP contribution in [0.2, 0.25) is 0 Å². The Morgan fingerprint density at radius 1 is 0.900 bits per heavy atom. The van der Waals surface area contributed by atoms with E-state index in [9.17, 15) is 0 Å². The molecule has 0 aromatic heterocycles. The van der Waals surface area contributed by atoms with Gasteiger partial charge in [0.2, 0.25) is 0 Å². The van der Waals surface area contributed by atoms with E-state index in [4.69, 9.17) is 5.11 Å². The maximum absolute atomic E-state index is 7.00. The minimum absolute atomic E-state index is 0.582. The second-order valence-corrected chi connectivity index (χ2v) is 5.79. The molecular formula is C17H35NNbO-2. The minimum Gasteiger partial charge on any atom is -0.400 e. The smallest absolute Gasteiger partial charge is 0.0319 e. The first-order valence-electron chi connectivity index (χ1n) is 8.23. The molecule has 2 saturated carbocycles. The normalized spacial score (nSPS) is 18.8. The van der Waals surface area contributed by atoms with Crippen LogP contribution in [0.5, 0.6) is 0 Å². The Labute approximate surface area is 139 Å². The SMILES string of the molecule is CCC(C)[N]=[Nb].CO.[CH-]1CCCCC1.[CH-]1CCCCC1. The minimum atomic E-state index is 0.582. The first kappa shape index (κ1) is 22.8. The van der Waals surface area contributed by atoms with E-state index in [-0.39, 0.29) is 0 Å². The number of aliphatic hydroxyl groups is 1. The molecule has 0 heterocycles. The molecule has 0 aliphatic heterocycles. The first-order chi connectivity index (χ1) is 9.81. The van der Waals surface area contributed by atoms with Crippen LogP contribution in [0.1, 0.15) is 84.5 Å². The summed E-state index contributed by atoms with van der Waals surface area (Å²) in [4.78, 5) is 0. The van der Waals surface area contributed by atoms with Crippen molar-refractivity contribution in [3.8, 4) is 0 Å². The van der Waals surface area contributed by atoms with Crippen molar-refractivity contribution in [3.05, 3.63) is 12.8 Å². The molecule has 20 heavy (non-hydrogen) atoms. The van der Waals surface area contributed by atoms with Gasteiger partial charge in [0, 0.05) is 7.11 Å². The molecule has 2 fully saturated rings. The maximum Gasteiger partial charge on any atom is 0.0319 e. The molecule has 0 bridgehead atoms. The second-order valence-electron chi connectivity index (χ2n) is 5.23. The first-order valence-corrected chi connectivity index (χ1v) is 9.21. The molecule has 1 atom stereocenters. The van der Waals surface area contributed by atoms with Crippen LogP contribution >= 0.6 is 0 Å². The van der Waals surface area contributed by atoms with Gasteiger partial charge in [-0.2, -0.15) is 25.7 Å². The summed E-state index contributed by atoms with van der Waals surface area (Å²) in [5, 5.41) is 7.00. The molecule has 0 aromatic rings. The Morgan fingerprint density at radius 2 is 1.25 bits per heavy atom. The van der Waals surface area contributed by atoms with Gasteiger partial charge in [-0.25, -0.2) is 0 Å². The second kappa shape index (κ2) is 21.8. The summed E-state index contributed by atoms with van der Waals surface area (Å²) in [7, 11) is 1.00. The Hall–Kier alpha value is 0.500. The molecular weight excluding hydrogens is 327 g/mol. The molecule has 2 rings (SSSR count). The molecule has 2 aliphatic rings. The van der Waals surface area contributed by atoms with E-state index >= 15 is 0 Å². The van der Waals surface area contributed by atoms with Crippen molar-refractivity contribution in [2.24, 2.45) is 3.34 Å². The van der Waals surface area contributed by atoms with Crippen molar-refractivity contribution in [1.29, 1.82) is 0 Å². The third-order valence-corrected chi connectivity index (χ3v) is 4.39. The summed E-state index contributed by atoms with van der Waals surface area (Å²) >= 11 is 1.55. The standard InChI is InChI=1S/2C6H11.C4H9N.CH4O.Nb/c2*1-2-4-6-5-3-1;1-3-4(2)5;1-2;/h2*1H,2-6H2;4H,3H2,1-2H3;2H,1H3;/q2*-1;;;. The van der Waals surface area contributed by atoms with Gasteiger partial charge in [0.1, 0.15) is 0 Å². The average molecular weight is 362 g/mol. The van der Waals surface area contributed by atoms with E-state index in [0.717, 1.165) is 7.11 Å². The van der Waals surface area contributed by atoms with Gasteiger partial charge in [0.05, 0.1) is 0 Å². The predicted molar refractivity (Wildman–Crippen MR) is 85.1 cm³/mol. The van der Waals surface area contributed by atoms with Crippen LogP contribution in [0.4, 0.5) is 0 Å². The zero-order chi connectivity index (χ0) is 15.5. The van der Waals surface area contributed by atoms with Crippen molar-refractivity contribution >= 4 is 0 Å². The zero-order valence-corrected chi connectivity index (χ0v) is 16.1. The van der Waals surface area contributed by atoms with Gasteiger partial charge >= 0.3 is 50.5 Å². The van der Waals surface area contributed by atoms with E-state index in [0.29, 0.717) is 6.04 Å². The van der Waals surface area contributed by atoms with Gasteiger partial charge in [-0.15, -0.1) is 0 Å². The van der Waals surface area contributed by atoms with Crippen LogP contribution in [-0.4, -0.2) is 18.3 Å². The van der Waals surface area contributed by atoms with Gasteiger partial charge in [-0.1, -0.05) is 38.5 Å². The van der Waals surface area contributed by atoms with Crippen molar-refractivity contribution in [3.63, 3.8) is 0 Å². The van der Waals surface area contributed by atoms with Crippen LogP contribution in [0, 0.1) is 12.8 Å². The molecule has 0 radical (unpaired) electrons. The number of hydrogen-bond donors (Lipinski definition) is 1. The van der Waals surface area contributed by atoms with Crippen LogP contribution in [-0.2, 0) is 20.9 Å². The largest absolute Gasteiger partial charge is 0.400 e. The summed E-state index contributed by atoms with van der Waals surface area (Å²) < 4.78 is 4.06. The fourth-order valence-electron chi connectivity index (χ4n) is 1.88. The molecule has 0 amide bonds. The third kappa shape index (κ3) is 20.8. The third-order valence-electron chi connectivity index (χ3n) is 3.42. The predicted octanol–water partition coefficient (Wildman–Crippen LogP) is 5.43. The Balaban J connectivity index is 0. The fraction of sp³-hybridized carbons (Fsp3) is 0.882. The zero-order valence-electron chi connectivity index (χ0n) is 13.9. The summed E-state index contributed by atoms with van der Waals surface area (Å²) in [6.45, 7) is 4.27. The Bertz CT molecular complexity index is 133. The molecule has 0 spiro atoms. The monoisotopic (exact) mass is 362 g/mol. The molecule has 0 saturated heterocycles. The fourth-order valence-corrected chi connectivity index (χ4v) is 2.28. The molecule has 2 aliphatic carbocycles. The average Bonchev–Trinajstić information content (AvgIpc) is 2.60. The molecule has 1 unspecified atom stereocenters. The Kier molecular flexibility index (Phi) is 24.8. The van der Waals surface area contributed by atoms with Gasteiger partial charge < -0.3 is 17.9 Å². The van der Waals surface area contributed by atoms with Crippen LogP contribution in [0.15, 0.2) is 3.34 Å².